The van der Waals surface area contributed by atoms with Crippen LogP contribution in [0.5, 0.6) is 0 Å². The first-order chi connectivity index (χ1) is 11.7. The second kappa shape index (κ2) is 6.17. The second-order valence-corrected chi connectivity index (χ2v) is 6.33. The number of imidazole rings is 1. The third-order valence-electron chi connectivity index (χ3n) is 4.50. The van der Waals surface area contributed by atoms with Crippen LogP contribution in [-0.2, 0) is 4.74 Å². The molecule has 0 saturated carbocycles. The molecule has 2 aromatic carbocycles. The van der Waals surface area contributed by atoms with Gasteiger partial charge in [-0.3, -0.25) is 0 Å². The summed E-state index contributed by atoms with van der Waals surface area (Å²) in [5.74, 6) is 0.912. The minimum atomic E-state index is 0.796. The van der Waals surface area contributed by atoms with Gasteiger partial charge in [-0.25, -0.2) is 4.98 Å². The van der Waals surface area contributed by atoms with Crippen molar-refractivity contribution in [3.05, 3.63) is 42.5 Å². The molecule has 0 spiro atoms. The fourth-order valence-corrected chi connectivity index (χ4v) is 3.07. The van der Waals surface area contributed by atoms with E-state index in [2.05, 4.69) is 57.2 Å². The summed E-state index contributed by atoms with van der Waals surface area (Å²) in [7, 11) is 4.09. The molecule has 124 valence electrons. The summed E-state index contributed by atoms with van der Waals surface area (Å²) < 4.78 is 5.43. The molecule has 1 aliphatic rings. The van der Waals surface area contributed by atoms with Gasteiger partial charge in [0, 0.05) is 44.1 Å². The maximum atomic E-state index is 5.43. The maximum Gasteiger partial charge on any atom is 0.138 e. The summed E-state index contributed by atoms with van der Waals surface area (Å²) in [6, 6.07) is 14.9. The van der Waals surface area contributed by atoms with Gasteiger partial charge in [-0.05, 0) is 42.5 Å². The van der Waals surface area contributed by atoms with Crippen molar-refractivity contribution in [2.45, 2.75) is 0 Å². The Kier molecular flexibility index (Phi) is 3.86. The molecule has 1 saturated heterocycles. The lowest BCUT2D eigenvalue weighted by Gasteiger charge is -2.28. The van der Waals surface area contributed by atoms with E-state index >= 15 is 0 Å². The van der Waals surface area contributed by atoms with Crippen LogP contribution in [0.4, 0.5) is 11.4 Å². The van der Waals surface area contributed by atoms with Crippen molar-refractivity contribution in [3.8, 4) is 11.4 Å². The fraction of sp³-hybridized carbons (Fsp3) is 0.316. The van der Waals surface area contributed by atoms with Crippen molar-refractivity contribution >= 4 is 22.4 Å². The molecule has 0 bridgehead atoms. The van der Waals surface area contributed by atoms with Crippen LogP contribution in [0.2, 0.25) is 0 Å². The van der Waals surface area contributed by atoms with E-state index in [1.54, 1.807) is 0 Å². The number of anilines is 2. The number of fused-ring (bicyclic) bond motifs is 1. The predicted octanol–water partition coefficient (Wildman–Crippen LogP) is 3.13. The van der Waals surface area contributed by atoms with Gasteiger partial charge in [0.05, 0.1) is 24.2 Å². The first-order valence-electron chi connectivity index (χ1n) is 8.31. The Hall–Kier alpha value is -2.53. The van der Waals surface area contributed by atoms with E-state index in [1.807, 2.05) is 14.1 Å². The largest absolute Gasteiger partial charge is 0.378 e. The number of H-pyrrole nitrogens is 1. The number of rotatable bonds is 3. The zero-order valence-corrected chi connectivity index (χ0v) is 14.1. The average molecular weight is 322 g/mol. The molecule has 2 heterocycles. The number of aromatic amines is 1. The molecule has 1 aliphatic heterocycles. The summed E-state index contributed by atoms with van der Waals surface area (Å²) in [6.07, 6.45) is 0. The molecule has 5 heteroatoms. The highest BCUT2D eigenvalue weighted by atomic mass is 16.5. The molecule has 24 heavy (non-hydrogen) atoms. The van der Waals surface area contributed by atoms with Crippen LogP contribution in [0.1, 0.15) is 0 Å². The highest BCUT2D eigenvalue weighted by Gasteiger charge is 2.13. The third-order valence-corrected chi connectivity index (χ3v) is 4.50. The van der Waals surface area contributed by atoms with E-state index in [4.69, 9.17) is 9.72 Å². The van der Waals surface area contributed by atoms with Gasteiger partial charge in [0.1, 0.15) is 5.82 Å². The van der Waals surface area contributed by atoms with Gasteiger partial charge in [0.25, 0.3) is 0 Å². The molecular formula is C19H22N4O. The zero-order chi connectivity index (χ0) is 16.5. The van der Waals surface area contributed by atoms with E-state index in [9.17, 15) is 0 Å². The molecule has 1 aromatic heterocycles. The van der Waals surface area contributed by atoms with Gasteiger partial charge in [0.15, 0.2) is 0 Å². The molecule has 0 aliphatic carbocycles. The number of hydrogen-bond donors (Lipinski definition) is 1. The fourth-order valence-electron chi connectivity index (χ4n) is 3.07. The summed E-state index contributed by atoms with van der Waals surface area (Å²) in [4.78, 5) is 12.6. The smallest absolute Gasteiger partial charge is 0.138 e. The molecule has 4 rings (SSSR count). The third kappa shape index (κ3) is 2.83. The Morgan fingerprint density at radius 2 is 1.79 bits per heavy atom. The monoisotopic (exact) mass is 322 g/mol. The minimum Gasteiger partial charge on any atom is -0.378 e. The van der Waals surface area contributed by atoms with E-state index in [0.717, 1.165) is 48.7 Å². The van der Waals surface area contributed by atoms with Crippen LogP contribution in [0.15, 0.2) is 42.5 Å². The lowest BCUT2D eigenvalue weighted by molar-refractivity contribution is 0.122. The number of hydrogen-bond acceptors (Lipinski definition) is 4. The first-order valence-corrected chi connectivity index (χ1v) is 8.31. The Labute approximate surface area is 141 Å². The quantitative estimate of drug-likeness (QED) is 0.804. The van der Waals surface area contributed by atoms with Gasteiger partial charge >= 0.3 is 0 Å². The van der Waals surface area contributed by atoms with Crippen molar-refractivity contribution in [2.24, 2.45) is 0 Å². The minimum absolute atomic E-state index is 0.796. The van der Waals surface area contributed by atoms with Crippen molar-refractivity contribution in [3.63, 3.8) is 0 Å². The molecule has 1 N–H and O–H groups in total. The Morgan fingerprint density at radius 1 is 1.04 bits per heavy atom. The zero-order valence-electron chi connectivity index (χ0n) is 14.1. The van der Waals surface area contributed by atoms with E-state index in [1.165, 1.54) is 11.4 Å². The molecule has 3 aromatic rings. The number of morpholine rings is 1. The molecule has 0 radical (unpaired) electrons. The topological polar surface area (TPSA) is 44.4 Å². The summed E-state index contributed by atoms with van der Waals surface area (Å²) in [5, 5.41) is 0. The number of ether oxygens (including phenoxy) is 1. The SMILES string of the molecule is CN(C)c1ccc(-c2nc3ccc(N4CCOCC4)cc3[nH]2)cc1. The molecule has 0 amide bonds. The molecule has 0 atom stereocenters. The Balaban J connectivity index is 1.65. The van der Waals surface area contributed by atoms with Gasteiger partial charge in [0.2, 0.25) is 0 Å². The summed E-state index contributed by atoms with van der Waals surface area (Å²) in [6.45, 7) is 3.48. The number of aromatic nitrogens is 2. The van der Waals surface area contributed by atoms with Crippen LogP contribution in [-0.4, -0.2) is 50.4 Å². The Morgan fingerprint density at radius 3 is 2.50 bits per heavy atom. The molecular weight excluding hydrogens is 300 g/mol. The average Bonchev–Trinajstić information content (AvgIpc) is 3.06. The van der Waals surface area contributed by atoms with Crippen LogP contribution < -0.4 is 9.80 Å². The highest BCUT2D eigenvalue weighted by Crippen LogP contribution is 2.26. The van der Waals surface area contributed by atoms with Crippen molar-refractivity contribution in [1.82, 2.24) is 9.97 Å². The summed E-state index contributed by atoms with van der Waals surface area (Å²) >= 11 is 0. The van der Waals surface area contributed by atoms with Gasteiger partial charge in [-0.2, -0.15) is 0 Å². The van der Waals surface area contributed by atoms with Crippen LogP contribution >= 0.6 is 0 Å². The van der Waals surface area contributed by atoms with Crippen molar-refractivity contribution in [2.75, 3.05) is 50.2 Å². The molecule has 0 unspecified atom stereocenters. The van der Waals surface area contributed by atoms with Crippen LogP contribution in [0, 0.1) is 0 Å². The first kappa shape index (κ1) is 15.0. The van der Waals surface area contributed by atoms with E-state index in [-0.39, 0.29) is 0 Å². The standard InChI is InChI=1S/C19H22N4O/c1-22(2)15-5-3-14(4-6-15)19-20-17-8-7-16(13-18(17)21-19)23-9-11-24-12-10-23/h3-8,13H,9-12H2,1-2H3,(H,20,21). The predicted molar refractivity (Wildman–Crippen MR) is 98.9 cm³/mol. The van der Waals surface area contributed by atoms with E-state index in [0.29, 0.717) is 0 Å². The Bertz CT molecular complexity index is 832. The normalized spacial score (nSPS) is 15.0. The highest BCUT2D eigenvalue weighted by molar-refractivity contribution is 5.83. The lowest BCUT2D eigenvalue weighted by Crippen LogP contribution is -2.36. The summed E-state index contributed by atoms with van der Waals surface area (Å²) in [5.41, 5.74) is 5.59. The number of nitrogens with zero attached hydrogens (tertiary/aromatic N) is 3. The van der Waals surface area contributed by atoms with Gasteiger partial charge < -0.3 is 19.5 Å². The van der Waals surface area contributed by atoms with Gasteiger partial charge in [-0.1, -0.05) is 0 Å². The lowest BCUT2D eigenvalue weighted by atomic mass is 10.2. The van der Waals surface area contributed by atoms with Gasteiger partial charge in [-0.15, -0.1) is 0 Å². The van der Waals surface area contributed by atoms with Crippen LogP contribution in [0.3, 0.4) is 0 Å². The maximum absolute atomic E-state index is 5.43. The number of benzene rings is 2. The second-order valence-electron chi connectivity index (χ2n) is 6.33. The molecule has 1 fully saturated rings. The van der Waals surface area contributed by atoms with Crippen molar-refractivity contribution in [1.29, 1.82) is 0 Å². The molecule has 5 nitrogen and oxygen atoms in total. The van der Waals surface area contributed by atoms with Crippen molar-refractivity contribution < 1.29 is 4.74 Å². The number of nitrogens with one attached hydrogen (secondary N) is 1. The van der Waals surface area contributed by atoms with E-state index < -0.39 is 0 Å². The van der Waals surface area contributed by atoms with Crippen LogP contribution in [0.25, 0.3) is 22.4 Å².